The fourth-order valence-corrected chi connectivity index (χ4v) is 1.83. The molecule has 0 aromatic heterocycles. The first-order valence-corrected chi connectivity index (χ1v) is 6.21. The van der Waals surface area contributed by atoms with Gasteiger partial charge in [-0.3, -0.25) is 4.79 Å². The Hall–Kier alpha value is -1.00. The Morgan fingerprint density at radius 2 is 1.88 bits per heavy atom. The van der Waals surface area contributed by atoms with E-state index in [2.05, 4.69) is 0 Å². The second kappa shape index (κ2) is 4.89. The second-order valence-corrected chi connectivity index (χ2v) is 4.82. The van der Waals surface area contributed by atoms with Crippen molar-refractivity contribution >= 4 is 17.7 Å². The molecular formula is C12H16O3S. The molecule has 0 aliphatic heterocycles. The number of carboxylic acids is 1. The van der Waals surface area contributed by atoms with Gasteiger partial charge in [-0.25, -0.2) is 0 Å². The molecule has 16 heavy (non-hydrogen) atoms. The Kier molecular flexibility index (Phi) is 3.99. The summed E-state index contributed by atoms with van der Waals surface area (Å²) in [5.74, 6) is -1.84. The van der Waals surface area contributed by atoms with Crippen molar-refractivity contribution in [3.05, 3.63) is 29.8 Å². The molecule has 2 atom stereocenters. The van der Waals surface area contributed by atoms with Crippen LogP contribution in [0.2, 0.25) is 0 Å². The summed E-state index contributed by atoms with van der Waals surface area (Å²) >= 11 is 1.60. The maximum atomic E-state index is 10.9. The predicted molar refractivity (Wildman–Crippen MR) is 64.6 cm³/mol. The number of benzene rings is 1. The third-order valence-corrected chi connectivity index (χ3v) is 3.63. The summed E-state index contributed by atoms with van der Waals surface area (Å²) in [5.41, 5.74) is -0.719. The van der Waals surface area contributed by atoms with Crippen LogP contribution in [0.5, 0.6) is 0 Å². The number of thioether (sulfide) groups is 1. The molecule has 3 nitrogen and oxygen atoms in total. The summed E-state index contributed by atoms with van der Waals surface area (Å²) in [7, 11) is 0. The van der Waals surface area contributed by atoms with Gasteiger partial charge < -0.3 is 10.2 Å². The van der Waals surface area contributed by atoms with E-state index in [-0.39, 0.29) is 0 Å². The summed E-state index contributed by atoms with van der Waals surface area (Å²) in [5, 5.41) is 19.1. The number of hydrogen-bond acceptors (Lipinski definition) is 3. The fourth-order valence-electron chi connectivity index (χ4n) is 1.42. The lowest BCUT2D eigenvalue weighted by Gasteiger charge is -2.28. The smallest absolute Gasteiger partial charge is 0.309 e. The molecule has 0 aliphatic carbocycles. The Morgan fingerprint density at radius 1 is 1.38 bits per heavy atom. The molecule has 0 heterocycles. The number of carbonyl (C=O) groups is 1. The van der Waals surface area contributed by atoms with Crippen LogP contribution in [0, 0.1) is 5.92 Å². The number of carboxylic acid groups (broad SMARTS) is 1. The van der Waals surface area contributed by atoms with Crippen LogP contribution in [0.3, 0.4) is 0 Å². The van der Waals surface area contributed by atoms with Crippen LogP contribution in [0.15, 0.2) is 29.2 Å². The van der Waals surface area contributed by atoms with Crippen molar-refractivity contribution < 1.29 is 15.0 Å². The number of aliphatic hydroxyl groups is 1. The van der Waals surface area contributed by atoms with Gasteiger partial charge in [0.1, 0.15) is 0 Å². The number of hydrogen-bond donors (Lipinski definition) is 2. The van der Waals surface area contributed by atoms with Gasteiger partial charge in [0.2, 0.25) is 0 Å². The Bertz CT molecular complexity index is 370. The summed E-state index contributed by atoms with van der Waals surface area (Å²) in [6.07, 6.45) is 1.97. The van der Waals surface area contributed by atoms with Crippen molar-refractivity contribution in [2.45, 2.75) is 24.3 Å². The largest absolute Gasteiger partial charge is 0.481 e. The zero-order chi connectivity index (χ0) is 12.3. The van der Waals surface area contributed by atoms with Crippen molar-refractivity contribution in [3.8, 4) is 0 Å². The van der Waals surface area contributed by atoms with E-state index < -0.39 is 17.5 Å². The van der Waals surface area contributed by atoms with Crippen molar-refractivity contribution in [2.24, 2.45) is 5.92 Å². The van der Waals surface area contributed by atoms with E-state index in [9.17, 15) is 9.90 Å². The average Bonchev–Trinajstić information content (AvgIpc) is 2.28. The highest BCUT2D eigenvalue weighted by Gasteiger charge is 2.35. The molecular weight excluding hydrogens is 224 g/mol. The Morgan fingerprint density at radius 3 is 2.25 bits per heavy atom. The number of rotatable bonds is 4. The van der Waals surface area contributed by atoms with Crippen LogP contribution in [-0.4, -0.2) is 22.4 Å². The summed E-state index contributed by atoms with van der Waals surface area (Å²) in [6.45, 7) is 3.03. The first kappa shape index (κ1) is 13.1. The molecule has 88 valence electrons. The van der Waals surface area contributed by atoms with Crippen molar-refractivity contribution in [1.29, 1.82) is 0 Å². The lowest BCUT2D eigenvalue weighted by Crippen LogP contribution is -2.35. The molecule has 0 radical (unpaired) electrons. The van der Waals surface area contributed by atoms with Gasteiger partial charge in [0.05, 0.1) is 11.5 Å². The zero-order valence-electron chi connectivity index (χ0n) is 9.60. The Balaban J connectivity index is 3.02. The van der Waals surface area contributed by atoms with Crippen LogP contribution in [0.1, 0.15) is 19.4 Å². The molecule has 1 aromatic carbocycles. The molecule has 0 saturated heterocycles. The molecule has 0 spiro atoms. The van der Waals surface area contributed by atoms with Crippen LogP contribution in [-0.2, 0) is 10.4 Å². The van der Waals surface area contributed by atoms with Crippen LogP contribution < -0.4 is 0 Å². The molecule has 0 aliphatic rings. The van der Waals surface area contributed by atoms with Crippen molar-refractivity contribution in [3.63, 3.8) is 0 Å². The van der Waals surface area contributed by atoms with Crippen LogP contribution >= 0.6 is 11.8 Å². The predicted octanol–water partition coefficient (Wildman–Crippen LogP) is 2.34. The van der Waals surface area contributed by atoms with E-state index >= 15 is 0 Å². The van der Waals surface area contributed by atoms with E-state index in [1.807, 2.05) is 18.4 Å². The molecule has 0 amide bonds. The average molecular weight is 240 g/mol. The van der Waals surface area contributed by atoms with E-state index in [4.69, 9.17) is 5.11 Å². The number of aliphatic carboxylic acids is 1. The summed E-state index contributed by atoms with van der Waals surface area (Å²) in [4.78, 5) is 12.0. The third-order valence-electron chi connectivity index (χ3n) is 2.89. The first-order chi connectivity index (χ1) is 7.39. The quantitative estimate of drug-likeness (QED) is 0.793. The van der Waals surface area contributed by atoms with Gasteiger partial charge in [-0.05, 0) is 37.8 Å². The highest BCUT2D eigenvalue weighted by atomic mass is 32.2. The van der Waals surface area contributed by atoms with E-state index in [0.717, 1.165) is 4.90 Å². The molecule has 1 aromatic rings. The molecule has 1 rings (SSSR count). The fraction of sp³-hybridized carbons (Fsp3) is 0.417. The molecule has 0 bridgehead atoms. The normalized spacial score (nSPS) is 16.5. The highest BCUT2D eigenvalue weighted by Crippen LogP contribution is 2.30. The minimum Gasteiger partial charge on any atom is -0.481 e. The van der Waals surface area contributed by atoms with E-state index in [1.165, 1.54) is 13.8 Å². The second-order valence-electron chi connectivity index (χ2n) is 3.94. The lowest BCUT2D eigenvalue weighted by molar-refractivity contribution is -0.150. The summed E-state index contributed by atoms with van der Waals surface area (Å²) in [6, 6.07) is 7.29. The minimum absolute atomic E-state index is 0.625. The molecule has 4 heteroatoms. The van der Waals surface area contributed by atoms with Gasteiger partial charge in [-0.2, -0.15) is 0 Å². The topological polar surface area (TPSA) is 57.5 Å². The summed E-state index contributed by atoms with van der Waals surface area (Å²) < 4.78 is 0. The monoisotopic (exact) mass is 240 g/mol. The van der Waals surface area contributed by atoms with Gasteiger partial charge in [-0.1, -0.05) is 12.1 Å². The zero-order valence-corrected chi connectivity index (χ0v) is 10.4. The van der Waals surface area contributed by atoms with Crippen molar-refractivity contribution in [2.75, 3.05) is 6.26 Å². The van der Waals surface area contributed by atoms with Crippen LogP contribution in [0.4, 0.5) is 0 Å². The van der Waals surface area contributed by atoms with E-state index in [0.29, 0.717) is 5.56 Å². The maximum Gasteiger partial charge on any atom is 0.309 e. The minimum atomic E-state index is -1.34. The third kappa shape index (κ3) is 2.57. The molecule has 2 N–H and O–H groups in total. The molecule has 0 fully saturated rings. The van der Waals surface area contributed by atoms with Gasteiger partial charge in [-0.15, -0.1) is 11.8 Å². The van der Waals surface area contributed by atoms with Gasteiger partial charge in [0.15, 0.2) is 0 Å². The standard InChI is InChI=1S/C12H16O3S/c1-8(11(13)14)12(2,15)9-4-6-10(16-3)7-5-9/h4-8,15H,1-3H3,(H,13,14). The van der Waals surface area contributed by atoms with Gasteiger partial charge in [0, 0.05) is 4.90 Å². The Labute approximate surface area is 99.5 Å². The lowest BCUT2D eigenvalue weighted by atomic mass is 9.84. The van der Waals surface area contributed by atoms with Crippen molar-refractivity contribution in [1.82, 2.24) is 0 Å². The van der Waals surface area contributed by atoms with Gasteiger partial charge >= 0.3 is 5.97 Å². The molecule has 0 saturated carbocycles. The van der Waals surface area contributed by atoms with E-state index in [1.54, 1.807) is 23.9 Å². The highest BCUT2D eigenvalue weighted by molar-refractivity contribution is 7.98. The van der Waals surface area contributed by atoms with Gasteiger partial charge in [0.25, 0.3) is 0 Å². The molecule has 2 unspecified atom stereocenters. The first-order valence-electron chi connectivity index (χ1n) is 4.99. The SMILES string of the molecule is CSc1ccc(C(C)(O)C(C)C(=O)O)cc1. The maximum absolute atomic E-state index is 10.9. The van der Waals surface area contributed by atoms with Crippen LogP contribution in [0.25, 0.3) is 0 Å².